The molecule has 0 spiro atoms. The van der Waals surface area contributed by atoms with Crippen LogP contribution in [0.2, 0.25) is 0 Å². The van der Waals surface area contributed by atoms with E-state index in [1.807, 2.05) is 0 Å². The summed E-state index contributed by atoms with van der Waals surface area (Å²) in [5, 5.41) is 3.07. The van der Waals surface area contributed by atoms with Gasteiger partial charge in [0.25, 0.3) is 5.91 Å². The number of hydrogen-bond acceptors (Lipinski definition) is 4. The number of hydrogen-bond donors (Lipinski definition) is 2. The fourth-order valence-electron chi connectivity index (χ4n) is 1.24. The third-order valence-electron chi connectivity index (χ3n) is 2.01. The van der Waals surface area contributed by atoms with Crippen molar-refractivity contribution in [1.82, 2.24) is 4.98 Å². The average molecular weight is 241 g/mol. The van der Waals surface area contributed by atoms with Gasteiger partial charge in [-0.15, -0.1) is 0 Å². The Balaban J connectivity index is 2.53. The van der Waals surface area contributed by atoms with E-state index in [0.29, 0.717) is 23.5 Å². The Morgan fingerprint density at radius 3 is 3.00 bits per heavy atom. The Hall–Kier alpha value is -1.43. The molecule has 0 bridgehead atoms. The lowest BCUT2D eigenvalue weighted by Gasteiger charge is -2.08. The van der Waals surface area contributed by atoms with Gasteiger partial charge in [-0.3, -0.25) is 14.0 Å². The quantitative estimate of drug-likeness (QED) is 0.704. The number of anilines is 1. The van der Waals surface area contributed by atoms with Crippen molar-refractivity contribution >= 4 is 22.4 Å². The molecule has 3 N–H and O–H groups in total. The normalized spacial score (nSPS) is 12.1. The molecule has 1 heterocycles. The van der Waals surface area contributed by atoms with Crippen molar-refractivity contribution in [2.45, 2.75) is 6.42 Å². The molecule has 1 aromatic rings. The highest BCUT2D eigenvalue weighted by atomic mass is 32.2. The fraction of sp³-hybridized carbons (Fsp3) is 0.400. The summed E-state index contributed by atoms with van der Waals surface area (Å²) in [7, 11) is -0.782. The number of carbonyl (C=O) groups is 1. The van der Waals surface area contributed by atoms with Crippen LogP contribution >= 0.6 is 0 Å². The Bertz CT molecular complexity index is 395. The van der Waals surface area contributed by atoms with Crippen molar-refractivity contribution in [2.24, 2.45) is 5.73 Å². The zero-order chi connectivity index (χ0) is 12.0. The maximum atomic E-state index is 11.1. The number of rotatable bonds is 6. The Morgan fingerprint density at radius 1 is 1.62 bits per heavy atom. The smallest absolute Gasteiger partial charge is 0.252 e. The fourth-order valence-corrected chi connectivity index (χ4v) is 1.79. The SMILES string of the molecule is CS(=O)CCCNc1ccncc1C(N)=O. The van der Waals surface area contributed by atoms with Gasteiger partial charge in [-0.05, 0) is 12.5 Å². The number of nitrogens with one attached hydrogen (secondary N) is 1. The highest BCUT2D eigenvalue weighted by molar-refractivity contribution is 7.84. The molecule has 0 radical (unpaired) electrons. The summed E-state index contributed by atoms with van der Waals surface area (Å²) in [5.74, 6) is 0.138. The predicted octanol–water partition coefficient (Wildman–Crippen LogP) is 0.361. The maximum absolute atomic E-state index is 11.1. The molecular weight excluding hydrogens is 226 g/mol. The molecule has 16 heavy (non-hydrogen) atoms. The lowest BCUT2D eigenvalue weighted by Crippen LogP contribution is -2.15. The minimum atomic E-state index is -0.782. The van der Waals surface area contributed by atoms with Crippen LogP contribution < -0.4 is 11.1 Å². The van der Waals surface area contributed by atoms with E-state index in [9.17, 15) is 9.00 Å². The summed E-state index contributed by atoms with van der Waals surface area (Å²) in [4.78, 5) is 14.9. The molecule has 0 saturated heterocycles. The average Bonchev–Trinajstić information content (AvgIpc) is 2.24. The first kappa shape index (κ1) is 12.6. The van der Waals surface area contributed by atoms with Gasteiger partial charge in [0.05, 0.1) is 11.3 Å². The summed E-state index contributed by atoms with van der Waals surface area (Å²) < 4.78 is 10.8. The standard InChI is InChI=1S/C10H15N3O2S/c1-16(15)6-2-4-13-9-3-5-12-7-8(9)10(11)14/h3,5,7H,2,4,6H2,1H3,(H2,11,14)(H,12,13). The van der Waals surface area contributed by atoms with Crippen molar-refractivity contribution < 1.29 is 9.00 Å². The zero-order valence-corrected chi connectivity index (χ0v) is 9.92. The van der Waals surface area contributed by atoms with Gasteiger partial charge >= 0.3 is 0 Å². The van der Waals surface area contributed by atoms with Crippen LogP contribution in [0.1, 0.15) is 16.8 Å². The molecule has 0 aliphatic rings. The summed E-state index contributed by atoms with van der Waals surface area (Å²) >= 11 is 0. The molecule has 1 aromatic heterocycles. The van der Waals surface area contributed by atoms with Crippen LogP contribution in [0, 0.1) is 0 Å². The second kappa shape index (κ2) is 6.22. The van der Waals surface area contributed by atoms with Gasteiger partial charge in [0.15, 0.2) is 0 Å². The van der Waals surface area contributed by atoms with Crippen LogP contribution in [0.15, 0.2) is 18.5 Å². The molecule has 0 saturated carbocycles. The third kappa shape index (κ3) is 3.98. The largest absolute Gasteiger partial charge is 0.384 e. The van der Waals surface area contributed by atoms with Gasteiger partial charge in [0.2, 0.25) is 0 Å². The van der Waals surface area contributed by atoms with Crippen LogP contribution in [0.3, 0.4) is 0 Å². The lowest BCUT2D eigenvalue weighted by atomic mass is 10.2. The number of pyridine rings is 1. The molecule has 5 nitrogen and oxygen atoms in total. The molecule has 0 aliphatic carbocycles. The Kier molecular flexibility index (Phi) is 4.91. The van der Waals surface area contributed by atoms with E-state index < -0.39 is 16.7 Å². The molecular formula is C10H15N3O2S. The maximum Gasteiger partial charge on any atom is 0.252 e. The predicted molar refractivity (Wildman–Crippen MR) is 64.8 cm³/mol. The number of nitrogens with two attached hydrogens (primary N) is 1. The van der Waals surface area contributed by atoms with Crippen molar-refractivity contribution in [3.8, 4) is 0 Å². The van der Waals surface area contributed by atoms with Crippen molar-refractivity contribution in [3.63, 3.8) is 0 Å². The van der Waals surface area contributed by atoms with E-state index in [2.05, 4.69) is 10.3 Å². The van der Waals surface area contributed by atoms with Crippen molar-refractivity contribution in [1.29, 1.82) is 0 Å². The Labute approximate surface area is 96.9 Å². The van der Waals surface area contributed by atoms with Gasteiger partial charge in [0, 0.05) is 41.7 Å². The van der Waals surface area contributed by atoms with E-state index in [-0.39, 0.29) is 0 Å². The first-order chi connectivity index (χ1) is 7.61. The van der Waals surface area contributed by atoms with E-state index in [4.69, 9.17) is 5.73 Å². The molecule has 0 fully saturated rings. The van der Waals surface area contributed by atoms with Crippen LogP contribution in [0.5, 0.6) is 0 Å². The van der Waals surface area contributed by atoms with Crippen LogP contribution in [0.25, 0.3) is 0 Å². The van der Waals surface area contributed by atoms with E-state index in [0.717, 1.165) is 6.42 Å². The summed E-state index contributed by atoms with van der Waals surface area (Å²) in [6, 6.07) is 1.70. The Morgan fingerprint density at radius 2 is 2.38 bits per heavy atom. The van der Waals surface area contributed by atoms with Crippen LogP contribution in [0.4, 0.5) is 5.69 Å². The van der Waals surface area contributed by atoms with Crippen molar-refractivity contribution in [2.75, 3.05) is 23.9 Å². The first-order valence-corrected chi connectivity index (χ1v) is 6.61. The highest BCUT2D eigenvalue weighted by Gasteiger charge is 2.06. The summed E-state index contributed by atoms with van der Waals surface area (Å²) in [6.07, 6.45) is 5.47. The lowest BCUT2D eigenvalue weighted by molar-refractivity contribution is 0.100. The number of primary amides is 1. The topological polar surface area (TPSA) is 85.1 Å². The zero-order valence-electron chi connectivity index (χ0n) is 9.10. The molecule has 6 heteroatoms. The van der Waals surface area contributed by atoms with Gasteiger partial charge < -0.3 is 11.1 Å². The van der Waals surface area contributed by atoms with Crippen LogP contribution in [-0.2, 0) is 10.8 Å². The van der Waals surface area contributed by atoms with Gasteiger partial charge in [0.1, 0.15) is 0 Å². The van der Waals surface area contributed by atoms with Crippen molar-refractivity contribution in [3.05, 3.63) is 24.0 Å². The van der Waals surface area contributed by atoms with E-state index in [1.165, 1.54) is 6.20 Å². The molecule has 1 atom stereocenters. The van der Waals surface area contributed by atoms with Crippen LogP contribution in [-0.4, -0.2) is 33.7 Å². The highest BCUT2D eigenvalue weighted by Crippen LogP contribution is 2.12. The number of amides is 1. The molecule has 0 aromatic carbocycles. The molecule has 1 unspecified atom stereocenters. The monoisotopic (exact) mass is 241 g/mol. The minimum Gasteiger partial charge on any atom is -0.384 e. The van der Waals surface area contributed by atoms with Gasteiger partial charge in [-0.25, -0.2) is 0 Å². The number of nitrogens with zero attached hydrogens (tertiary/aromatic N) is 1. The minimum absolute atomic E-state index is 0.375. The molecule has 88 valence electrons. The summed E-state index contributed by atoms with van der Waals surface area (Å²) in [5.41, 5.74) is 6.25. The molecule has 1 rings (SSSR count). The van der Waals surface area contributed by atoms with Gasteiger partial charge in [-0.2, -0.15) is 0 Å². The van der Waals surface area contributed by atoms with Gasteiger partial charge in [-0.1, -0.05) is 0 Å². The second-order valence-corrected chi connectivity index (χ2v) is 4.90. The number of carbonyl (C=O) groups excluding carboxylic acids is 1. The van der Waals surface area contributed by atoms with E-state index in [1.54, 1.807) is 18.5 Å². The first-order valence-electron chi connectivity index (χ1n) is 4.89. The number of aromatic nitrogens is 1. The van der Waals surface area contributed by atoms with E-state index >= 15 is 0 Å². The second-order valence-electron chi connectivity index (χ2n) is 3.34. The third-order valence-corrected chi connectivity index (χ3v) is 2.87. The molecule has 1 amide bonds. The molecule has 0 aliphatic heterocycles. The summed E-state index contributed by atoms with van der Waals surface area (Å²) in [6.45, 7) is 0.657.